The molecule has 1 aliphatic rings. The summed E-state index contributed by atoms with van der Waals surface area (Å²) in [6, 6.07) is 14.4. The molecule has 0 aromatic heterocycles. The quantitative estimate of drug-likeness (QED) is 0.309. The van der Waals surface area contributed by atoms with Crippen LogP contribution in [0.25, 0.3) is 0 Å². The Kier molecular flexibility index (Phi) is 8.05. The number of carboxylic acid groups (broad SMARTS) is 1. The third kappa shape index (κ3) is 6.61. The smallest absolute Gasteiger partial charge is 0.416 e. The molecule has 8 heteroatoms. The lowest BCUT2D eigenvalue weighted by atomic mass is 9.94. The second-order valence-electron chi connectivity index (χ2n) is 9.45. The Morgan fingerprint density at radius 1 is 1.05 bits per heavy atom. The number of fused-ring (bicyclic) bond motifs is 1. The van der Waals surface area contributed by atoms with E-state index >= 15 is 0 Å². The Bertz CT molecular complexity index is 1270. The van der Waals surface area contributed by atoms with Gasteiger partial charge in [-0.15, -0.1) is 0 Å². The molecule has 3 aromatic carbocycles. The lowest BCUT2D eigenvalue weighted by Crippen LogP contribution is -2.32. The molecule has 1 aliphatic heterocycles. The highest BCUT2D eigenvalue weighted by Gasteiger charge is 2.30. The van der Waals surface area contributed by atoms with Gasteiger partial charge >= 0.3 is 12.1 Å². The van der Waals surface area contributed by atoms with Crippen molar-refractivity contribution in [1.29, 1.82) is 0 Å². The van der Waals surface area contributed by atoms with Crippen LogP contribution < -0.4 is 10.2 Å². The number of carbonyl (C=O) groups is 1. The number of alkyl halides is 3. The first kappa shape index (κ1) is 26.5. The monoisotopic (exact) mass is 514 g/mol. The van der Waals surface area contributed by atoms with E-state index in [1.54, 1.807) is 18.2 Å². The third-order valence-electron chi connectivity index (χ3n) is 6.89. The normalized spacial score (nSPS) is 13.4. The number of anilines is 2. The molecule has 0 aliphatic carbocycles. The summed E-state index contributed by atoms with van der Waals surface area (Å²) in [6.45, 7) is 3.99. The topological polar surface area (TPSA) is 52.6 Å². The van der Waals surface area contributed by atoms with Gasteiger partial charge in [-0.1, -0.05) is 36.4 Å². The van der Waals surface area contributed by atoms with Gasteiger partial charge in [0, 0.05) is 37.4 Å². The number of aliphatic carboxylic acids is 1. The van der Waals surface area contributed by atoms with Crippen LogP contribution in [0.2, 0.25) is 0 Å². The van der Waals surface area contributed by atoms with E-state index in [-0.39, 0.29) is 12.8 Å². The van der Waals surface area contributed by atoms with Crippen molar-refractivity contribution in [2.45, 2.75) is 51.7 Å². The van der Waals surface area contributed by atoms with Crippen molar-refractivity contribution < 1.29 is 27.5 Å². The summed E-state index contributed by atoms with van der Waals surface area (Å²) < 4.78 is 53.7. The van der Waals surface area contributed by atoms with Gasteiger partial charge in [0.25, 0.3) is 0 Å². The van der Waals surface area contributed by atoms with Crippen LogP contribution >= 0.6 is 0 Å². The summed E-state index contributed by atoms with van der Waals surface area (Å²) in [7, 11) is 0. The fourth-order valence-electron chi connectivity index (χ4n) is 4.89. The first-order valence-corrected chi connectivity index (χ1v) is 12.4. The molecule has 0 unspecified atom stereocenters. The molecule has 0 saturated carbocycles. The zero-order valence-corrected chi connectivity index (χ0v) is 20.7. The Morgan fingerprint density at radius 3 is 2.57 bits per heavy atom. The second-order valence-corrected chi connectivity index (χ2v) is 9.45. The number of nitrogens with one attached hydrogen (secondary N) is 1. The van der Waals surface area contributed by atoms with Crippen molar-refractivity contribution in [3.63, 3.8) is 0 Å². The molecule has 0 radical (unpaired) electrons. The van der Waals surface area contributed by atoms with Crippen LogP contribution in [-0.2, 0) is 36.8 Å². The van der Waals surface area contributed by atoms with Gasteiger partial charge in [0.05, 0.1) is 5.56 Å². The van der Waals surface area contributed by atoms with Gasteiger partial charge in [-0.3, -0.25) is 4.79 Å². The molecular weight excluding hydrogens is 484 g/mol. The molecule has 4 rings (SSSR count). The van der Waals surface area contributed by atoms with Crippen LogP contribution in [0.15, 0.2) is 54.6 Å². The maximum atomic E-state index is 14.4. The lowest BCUT2D eigenvalue weighted by Gasteiger charge is -2.34. The standard InChI is InChI=1S/C29H30F4N2O2/c1-19-23(18-34-25-11-9-21(26(30)17-25)10-12-27(36)37)8-7-22-5-3-14-35(28(19)22)15-13-20-4-2-6-24(16-20)29(31,32)33/h2,4,6-9,11,16-17,34H,3,5,10,12-15,18H2,1H3,(H,36,37). The summed E-state index contributed by atoms with van der Waals surface area (Å²) in [6.07, 6.45) is -1.89. The van der Waals surface area contributed by atoms with Crippen LogP contribution in [0.1, 0.15) is 46.2 Å². The van der Waals surface area contributed by atoms with E-state index < -0.39 is 23.5 Å². The van der Waals surface area contributed by atoms with Crippen molar-refractivity contribution in [3.05, 3.63) is 93.8 Å². The highest BCUT2D eigenvalue weighted by molar-refractivity contribution is 5.67. The SMILES string of the molecule is Cc1c(CNc2ccc(CCC(=O)O)c(F)c2)ccc2c1N(CCc1cccc(C(F)(F)F)c1)CCC2. The molecule has 0 spiro atoms. The van der Waals surface area contributed by atoms with Gasteiger partial charge in [0.15, 0.2) is 0 Å². The van der Waals surface area contributed by atoms with Crippen LogP contribution in [-0.4, -0.2) is 24.2 Å². The van der Waals surface area contributed by atoms with E-state index in [1.807, 2.05) is 6.92 Å². The van der Waals surface area contributed by atoms with Gasteiger partial charge < -0.3 is 15.3 Å². The average Bonchev–Trinajstić information content (AvgIpc) is 2.86. The molecule has 37 heavy (non-hydrogen) atoms. The van der Waals surface area contributed by atoms with E-state index in [0.29, 0.717) is 36.3 Å². The number of aryl methyl sites for hydroxylation is 2. The fourth-order valence-corrected chi connectivity index (χ4v) is 4.89. The van der Waals surface area contributed by atoms with Crippen LogP contribution in [0.4, 0.5) is 28.9 Å². The van der Waals surface area contributed by atoms with Gasteiger partial charge in [-0.2, -0.15) is 13.2 Å². The summed E-state index contributed by atoms with van der Waals surface area (Å²) in [5.74, 6) is -1.40. The van der Waals surface area contributed by atoms with Crippen molar-refractivity contribution in [3.8, 4) is 0 Å². The molecule has 0 fully saturated rings. The van der Waals surface area contributed by atoms with Crippen molar-refractivity contribution in [2.24, 2.45) is 0 Å². The average molecular weight is 515 g/mol. The summed E-state index contributed by atoms with van der Waals surface area (Å²) in [5, 5.41) is 12.1. The lowest BCUT2D eigenvalue weighted by molar-refractivity contribution is -0.138. The number of hydrogen-bond acceptors (Lipinski definition) is 3. The molecule has 0 amide bonds. The van der Waals surface area contributed by atoms with E-state index in [2.05, 4.69) is 22.3 Å². The molecule has 1 heterocycles. The number of nitrogens with zero attached hydrogens (tertiary/aromatic N) is 1. The predicted octanol–water partition coefficient (Wildman–Crippen LogP) is 6.78. The van der Waals surface area contributed by atoms with Gasteiger partial charge in [0.2, 0.25) is 0 Å². The Labute approximate surface area is 213 Å². The molecule has 3 aromatic rings. The van der Waals surface area contributed by atoms with Gasteiger partial charge in [-0.05, 0) is 78.6 Å². The number of benzene rings is 3. The Balaban J connectivity index is 1.45. The van der Waals surface area contributed by atoms with E-state index in [4.69, 9.17) is 5.11 Å². The minimum Gasteiger partial charge on any atom is -0.481 e. The molecule has 0 bridgehead atoms. The predicted molar refractivity (Wildman–Crippen MR) is 137 cm³/mol. The first-order chi connectivity index (χ1) is 17.6. The molecule has 0 atom stereocenters. The number of carboxylic acids is 1. The number of rotatable bonds is 9. The number of halogens is 4. The molecule has 2 N–H and O–H groups in total. The van der Waals surface area contributed by atoms with Crippen LogP contribution in [0.3, 0.4) is 0 Å². The highest BCUT2D eigenvalue weighted by Crippen LogP contribution is 2.34. The van der Waals surface area contributed by atoms with E-state index in [0.717, 1.165) is 42.3 Å². The Hall–Kier alpha value is -3.55. The summed E-state index contributed by atoms with van der Waals surface area (Å²) in [5.41, 5.74) is 5.53. The maximum absolute atomic E-state index is 14.4. The minimum atomic E-state index is -4.35. The zero-order valence-electron chi connectivity index (χ0n) is 20.7. The second kappa shape index (κ2) is 11.2. The fraction of sp³-hybridized carbons (Fsp3) is 0.345. The molecule has 196 valence electrons. The number of hydrogen-bond donors (Lipinski definition) is 2. The zero-order chi connectivity index (χ0) is 26.6. The van der Waals surface area contributed by atoms with Crippen molar-refractivity contribution >= 4 is 17.3 Å². The summed E-state index contributed by atoms with van der Waals surface area (Å²) in [4.78, 5) is 13.0. The van der Waals surface area contributed by atoms with E-state index in [1.165, 1.54) is 23.8 Å². The minimum absolute atomic E-state index is 0.123. The van der Waals surface area contributed by atoms with Gasteiger partial charge in [-0.25, -0.2) is 4.39 Å². The summed E-state index contributed by atoms with van der Waals surface area (Å²) >= 11 is 0. The van der Waals surface area contributed by atoms with Gasteiger partial charge in [0.1, 0.15) is 5.82 Å². The maximum Gasteiger partial charge on any atom is 0.416 e. The Morgan fingerprint density at radius 2 is 1.84 bits per heavy atom. The van der Waals surface area contributed by atoms with Crippen LogP contribution in [0, 0.1) is 12.7 Å². The van der Waals surface area contributed by atoms with Crippen molar-refractivity contribution in [2.75, 3.05) is 23.3 Å². The molecule has 0 saturated heterocycles. The third-order valence-corrected chi connectivity index (χ3v) is 6.89. The largest absolute Gasteiger partial charge is 0.481 e. The molecule has 4 nitrogen and oxygen atoms in total. The molecular formula is C29H30F4N2O2. The van der Waals surface area contributed by atoms with Crippen LogP contribution in [0.5, 0.6) is 0 Å². The highest BCUT2D eigenvalue weighted by atomic mass is 19.4. The van der Waals surface area contributed by atoms with Crippen molar-refractivity contribution in [1.82, 2.24) is 0 Å². The first-order valence-electron chi connectivity index (χ1n) is 12.4. The van der Waals surface area contributed by atoms with E-state index in [9.17, 15) is 22.4 Å².